The lowest BCUT2D eigenvalue weighted by Gasteiger charge is -2.09. The Bertz CT molecular complexity index is 1040. The monoisotopic (exact) mass is 425 g/mol. The number of nitro benzene ring substituents is 1. The van der Waals surface area contributed by atoms with Crippen LogP contribution in [0.25, 0.3) is 0 Å². The molecule has 1 heterocycles. The highest BCUT2D eigenvalue weighted by atomic mass is 35.5. The Morgan fingerprint density at radius 3 is 2.26 bits per heavy atom. The minimum Gasteiger partial charge on any atom is -0.259 e. The SMILES string of the molecule is O=[N+]([O-])c1ccc(Cc2ncc(C(F)(F)F)cc2Cl)cc1S(=O)(=O)[N+](=O)[O-]. The Balaban J connectivity index is 2.50. The van der Waals surface area contributed by atoms with Gasteiger partial charge in [0.25, 0.3) is 5.69 Å². The van der Waals surface area contributed by atoms with Crippen LogP contribution in [0.2, 0.25) is 5.02 Å². The molecule has 0 saturated heterocycles. The molecule has 0 atom stereocenters. The van der Waals surface area contributed by atoms with Gasteiger partial charge in [0, 0.05) is 18.7 Å². The van der Waals surface area contributed by atoms with Gasteiger partial charge in [-0.3, -0.25) is 15.1 Å². The summed E-state index contributed by atoms with van der Waals surface area (Å²) in [5.74, 6) is 0. The molecule has 1 aromatic carbocycles. The molecule has 0 aliphatic carbocycles. The Labute approximate surface area is 153 Å². The second kappa shape index (κ2) is 7.08. The largest absolute Gasteiger partial charge is 0.455 e. The molecule has 0 radical (unpaired) electrons. The molecular weight excluding hydrogens is 419 g/mol. The molecule has 0 bridgehead atoms. The summed E-state index contributed by atoms with van der Waals surface area (Å²) in [4.78, 5) is 22.9. The topological polar surface area (TPSA) is 133 Å². The van der Waals surface area contributed by atoms with Crippen molar-refractivity contribution in [2.75, 3.05) is 0 Å². The maximum atomic E-state index is 12.6. The number of benzene rings is 1. The third kappa shape index (κ3) is 4.31. The van der Waals surface area contributed by atoms with Gasteiger partial charge in [-0.25, -0.2) is 10.1 Å². The van der Waals surface area contributed by atoms with E-state index >= 15 is 0 Å². The molecule has 1 aromatic heterocycles. The van der Waals surface area contributed by atoms with Crippen LogP contribution in [-0.2, 0) is 22.6 Å². The Kier molecular flexibility index (Phi) is 5.37. The minimum absolute atomic E-state index is 0.00943. The van der Waals surface area contributed by atoms with Crippen LogP contribution < -0.4 is 0 Å². The molecule has 144 valence electrons. The fraction of sp³-hybridized carbons (Fsp3) is 0.154. The van der Waals surface area contributed by atoms with Gasteiger partial charge in [-0.2, -0.15) is 21.6 Å². The van der Waals surface area contributed by atoms with Gasteiger partial charge in [-0.1, -0.05) is 17.7 Å². The van der Waals surface area contributed by atoms with Gasteiger partial charge in [0.2, 0.25) is 4.90 Å². The van der Waals surface area contributed by atoms with Crippen LogP contribution in [-0.4, -0.2) is 22.7 Å². The van der Waals surface area contributed by atoms with Crippen molar-refractivity contribution in [2.45, 2.75) is 17.5 Å². The van der Waals surface area contributed by atoms with Crippen molar-refractivity contribution in [2.24, 2.45) is 0 Å². The highest BCUT2D eigenvalue weighted by Crippen LogP contribution is 2.32. The first-order valence-corrected chi connectivity index (χ1v) is 8.54. The fourth-order valence-electron chi connectivity index (χ4n) is 2.05. The number of alkyl halides is 3. The molecular formula is C13H7ClF3N3O6S. The number of hydrogen-bond acceptors (Lipinski definition) is 7. The second-order valence-corrected chi connectivity index (χ2v) is 7.18. The normalized spacial score (nSPS) is 12.0. The summed E-state index contributed by atoms with van der Waals surface area (Å²) in [7, 11) is -5.23. The first-order valence-electron chi connectivity index (χ1n) is 6.72. The van der Waals surface area contributed by atoms with Crippen LogP contribution in [0.3, 0.4) is 0 Å². The van der Waals surface area contributed by atoms with Crippen LogP contribution in [0, 0.1) is 20.2 Å². The van der Waals surface area contributed by atoms with Gasteiger partial charge < -0.3 is 0 Å². The second-order valence-electron chi connectivity index (χ2n) is 5.08. The van der Waals surface area contributed by atoms with Crippen molar-refractivity contribution in [3.8, 4) is 0 Å². The molecule has 2 aromatic rings. The number of pyridine rings is 1. The van der Waals surface area contributed by atoms with Crippen LogP contribution in [0.4, 0.5) is 18.9 Å². The smallest absolute Gasteiger partial charge is 0.259 e. The molecule has 0 amide bonds. The average Bonchev–Trinajstić information content (AvgIpc) is 2.55. The lowest BCUT2D eigenvalue weighted by atomic mass is 10.1. The van der Waals surface area contributed by atoms with E-state index in [1.807, 2.05) is 0 Å². The molecule has 27 heavy (non-hydrogen) atoms. The standard InChI is InChI=1S/C13H7ClF3N3O6S/c14-9-5-8(13(15,16)17)6-18-10(9)3-7-1-2-11(19(21)22)12(4-7)27(25,26)20(23)24/h1-2,4-6H,3H2. The number of hydrogen-bond donors (Lipinski definition) is 0. The lowest BCUT2D eigenvalue weighted by molar-refractivity contribution is -0.388. The zero-order valence-electron chi connectivity index (χ0n) is 12.8. The maximum absolute atomic E-state index is 12.6. The van der Waals surface area contributed by atoms with E-state index in [4.69, 9.17) is 11.6 Å². The van der Waals surface area contributed by atoms with E-state index in [1.54, 1.807) is 0 Å². The van der Waals surface area contributed by atoms with E-state index < -0.39 is 41.6 Å². The predicted octanol–water partition coefficient (Wildman–Crippen LogP) is 3.22. The number of aromatic nitrogens is 1. The molecule has 0 spiro atoms. The van der Waals surface area contributed by atoms with Crippen molar-refractivity contribution in [1.29, 1.82) is 0 Å². The van der Waals surface area contributed by atoms with Gasteiger partial charge in [0.05, 0.1) is 21.2 Å². The molecule has 0 aliphatic heterocycles. The summed E-state index contributed by atoms with van der Waals surface area (Å²) in [5.41, 5.74) is -2.18. The summed E-state index contributed by atoms with van der Waals surface area (Å²) in [6.45, 7) is 0. The first-order chi connectivity index (χ1) is 12.3. The molecule has 0 saturated carbocycles. The van der Waals surface area contributed by atoms with E-state index in [0.717, 1.165) is 12.1 Å². The maximum Gasteiger partial charge on any atom is 0.455 e. The van der Waals surface area contributed by atoms with Crippen molar-refractivity contribution in [1.82, 2.24) is 4.98 Å². The van der Waals surface area contributed by atoms with Crippen molar-refractivity contribution in [3.05, 3.63) is 72.5 Å². The predicted molar refractivity (Wildman–Crippen MR) is 84.3 cm³/mol. The van der Waals surface area contributed by atoms with Gasteiger partial charge in [-0.05, 0) is 17.7 Å². The van der Waals surface area contributed by atoms with E-state index in [0.29, 0.717) is 18.3 Å². The Morgan fingerprint density at radius 1 is 1.15 bits per heavy atom. The quantitative estimate of drug-likeness (QED) is 0.530. The Hall–Kier alpha value is -2.80. The number of rotatable bonds is 5. The van der Waals surface area contributed by atoms with Gasteiger partial charge in [0.1, 0.15) is 0 Å². The average molecular weight is 426 g/mol. The molecule has 0 aliphatic rings. The van der Waals surface area contributed by atoms with Crippen molar-refractivity contribution >= 4 is 27.3 Å². The molecule has 9 nitrogen and oxygen atoms in total. The minimum atomic E-state index is -5.23. The number of nitrogens with zero attached hydrogens (tertiary/aromatic N) is 3. The molecule has 0 unspecified atom stereocenters. The van der Waals surface area contributed by atoms with Crippen LogP contribution in [0.1, 0.15) is 16.8 Å². The zero-order valence-corrected chi connectivity index (χ0v) is 14.4. The van der Waals surface area contributed by atoms with Gasteiger partial charge in [-0.15, -0.1) is 0 Å². The third-order valence-electron chi connectivity index (χ3n) is 3.31. The van der Waals surface area contributed by atoms with E-state index in [-0.39, 0.29) is 22.7 Å². The van der Waals surface area contributed by atoms with Crippen molar-refractivity contribution in [3.63, 3.8) is 0 Å². The van der Waals surface area contributed by atoms with Crippen LogP contribution >= 0.6 is 11.6 Å². The fourth-order valence-corrected chi connectivity index (χ4v) is 3.15. The van der Waals surface area contributed by atoms with Gasteiger partial charge >= 0.3 is 16.2 Å². The van der Waals surface area contributed by atoms with Crippen LogP contribution in [0.5, 0.6) is 0 Å². The summed E-state index contributed by atoms with van der Waals surface area (Å²) in [6, 6.07) is 3.13. The van der Waals surface area contributed by atoms with Crippen LogP contribution in [0.15, 0.2) is 35.4 Å². The summed E-state index contributed by atoms with van der Waals surface area (Å²) < 4.78 is 59.6. The highest BCUT2D eigenvalue weighted by Gasteiger charge is 2.36. The molecule has 0 N–H and O–H groups in total. The molecule has 0 fully saturated rings. The molecule has 2 rings (SSSR count). The van der Waals surface area contributed by atoms with E-state index in [2.05, 4.69) is 4.98 Å². The van der Waals surface area contributed by atoms with Gasteiger partial charge in [0.15, 0.2) is 4.33 Å². The first kappa shape index (κ1) is 20.5. The summed E-state index contributed by atoms with van der Waals surface area (Å²) in [6.07, 6.45) is -4.47. The Morgan fingerprint density at radius 2 is 1.78 bits per heavy atom. The van der Waals surface area contributed by atoms with Crippen molar-refractivity contribution < 1.29 is 30.8 Å². The number of sulfonamides is 1. The third-order valence-corrected chi connectivity index (χ3v) is 4.91. The lowest BCUT2D eigenvalue weighted by Crippen LogP contribution is -2.15. The summed E-state index contributed by atoms with van der Waals surface area (Å²) in [5, 5.41) is 21.3. The highest BCUT2D eigenvalue weighted by molar-refractivity contribution is 7.85. The van der Waals surface area contributed by atoms with E-state index in [1.165, 1.54) is 0 Å². The number of halogens is 4. The molecule has 14 heteroatoms. The summed E-state index contributed by atoms with van der Waals surface area (Å²) >= 11 is 5.75. The zero-order chi connectivity index (χ0) is 20.6. The van der Waals surface area contributed by atoms with E-state index in [9.17, 15) is 41.8 Å². The number of nitro groups is 2.